The van der Waals surface area contributed by atoms with E-state index in [1.165, 1.54) is 18.5 Å². The van der Waals surface area contributed by atoms with Gasteiger partial charge in [0.05, 0.1) is 17.7 Å². The van der Waals surface area contributed by atoms with Crippen LogP contribution in [0.25, 0.3) is 22.6 Å². The van der Waals surface area contributed by atoms with Crippen LogP contribution in [0.5, 0.6) is 0 Å². The Morgan fingerprint density at radius 3 is 2.71 bits per heavy atom. The molecule has 9 heteroatoms. The first-order chi connectivity index (χ1) is 11.7. The maximum atomic E-state index is 10.7. The van der Waals surface area contributed by atoms with Crippen molar-refractivity contribution in [3.8, 4) is 11.5 Å². The van der Waals surface area contributed by atoms with Crippen LogP contribution in [0, 0.1) is 10.1 Å². The molecule has 0 N–H and O–H groups in total. The summed E-state index contributed by atoms with van der Waals surface area (Å²) in [6.45, 7) is 0.392. The summed E-state index contributed by atoms with van der Waals surface area (Å²) in [6, 6.07) is 9.83. The highest BCUT2D eigenvalue weighted by molar-refractivity contribution is 5.84. The highest BCUT2D eigenvalue weighted by atomic mass is 16.6. The molecule has 24 heavy (non-hydrogen) atoms. The van der Waals surface area contributed by atoms with Crippen LogP contribution in [0.15, 0.2) is 53.4 Å². The normalized spacial score (nSPS) is 11.0. The average molecular weight is 322 g/mol. The lowest BCUT2D eigenvalue weighted by Gasteiger charge is -2.02. The number of hydrogen-bond donors (Lipinski definition) is 0. The molecular formula is C15H10N6O3. The number of rotatable bonds is 4. The SMILES string of the molecule is O=[N+]([O-])c1ccc(Cn2nnc3c(-c4ccco4)ncnc32)cc1. The predicted molar refractivity (Wildman–Crippen MR) is 83.0 cm³/mol. The van der Waals surface area contributed by atoms with Gasteiger partial charge in [0.15, 0.2) is 16.9 Å². The summed E-state index contributed by atoms with van der Waals surface area (Å²) in [6.07, 6.45) is 2.99. The molecule has 0 spiro atoms. The third kappa shape index (κ3) is 2.37. The molecule has 9 nitrogen and oxygen atoms in total. The van der Waals surface area contributed by atoms with Crippen LogP contribution in [0.2, 0.25) is 0 Å². The molecule has 0 atom stereocenters. The Morgan fingerprint density at radius 1 is 1.17 bits per heavy atom. The Labute approximate surface area is 134 Å². The zero-order valence-corrected chi connectivity index (χ0v) is 12.2. The molecule has 0 amide bonds. The topological polar surface area (TPSA) is 113 Å². The third-order valence-electron chi connectivity index (χ3n) is 3.53. The summed E-state index contributed by atoms with van der Waals surface area (Å²) in [5.74, 6) is 0.588. The van der Waals surface area contributed by atoms with E-state index < -0.39 is 4.92 Å². The van der Waals surface area contributed by atoms with Gasteiger partial charge in [0.2, 0.25) is 0 Å². The van der Waals surface area contributed by atoms with Gasteiger partial charge in [-0.15, -0.1) is 5.10 Å². The van der Waals surface area contributed by atoms with Crippen molar-refractivity contribution in [1.82, 2.24) is 25.0 Å². The second-order valence-electron chi connectivity index (χ2n) is 5.04. The number of aromatic nitrogens is 5. The molecule has 3 heterocycles. The van der Waals surface area contributed by atoms with E-state index >= 15 is 0 Å². The van der Waals surface area contributed by atoms with Crippen molar-refractivity contribution in [1.29, 1.82) is 0 Å². The largest absolute Gasteiger partial charge is 0.463 e. The fourth-order valence-electron chi connectivity index (χ4n) is 2.39. The second kappa shape index (κ2) is 5.54. The van der Waals surface area contributed by atoms with Crippen molar-refractivity contribution in [3.05, 3.63) is 64.7 Å². The molecule has 0 unspecified atom stereocenters. The Hall–Kier alpha value is -3.62. The maximum absolute atomic E-state index is 10.7. The average Bonchev–Trinajstić information content (AvgIpc) is 3.25. The summed E-state index contributed by atoms with van der Waals surface area (Å²) in [5, 5.41) is 18.9. The molecule has 0 saturated carbocycles. The van der Waals surface area contributed by atoms with Crippen molar-refractivity contribution in [2.24, 2.45) is 0 Å². The highest BCUT2D eigenvalue weighted by Crippen LogP contribution is 2.24. The zero-order chi connectivity index (χ0) is 16.5. The minimum absolute atomic E-state index is 0.0460. The van der Waals surface area contributed by atoms with E-state index in [1.807, 2.05) is 0 Å². The third-order valence-corrected chi connectivity index (χ3v) is 3.53. The van der Waals surface area contributed by atoms with Gasteiger partial charge in [-0.25, -0.2) is 14.6 Å². The van der Waals surface area contributed by atoms with Gasteiger partial charge in [-0.1, -0.05) is 17.3 Å². The Balaban J connectivity index is 1.70. The number of nitro groups is 1. The first-order valence-corrected chi connectivity index (χ1v) is 7.04. The van der Waals surface area contributed by atoms with Crippen LogP contribution in [0.3, 0.4) is 0 Å². The molecule has 0 radical (unpaired) electrons. The molecule has 3 aromatic heterocycles. The molecule has 0 fully saturated rings. The quantitative estimate of drug-likeness (QED) is 0.419. The second-order valence-corrected chi connectivity index (χ2v) is 5.04. The number of nitro benzene ring substituents is 1. The Bertz CT molecular complexity index is 1010. The van der Waals surface area contributed by atoms with Gasteiger partial charge in [0.25, 0.3) is 5.69 Å². The molecule has 0 saturated heterocycles. The van der Waals surface area contributed by atoms with Crippen molar-refractivity contribution in [2.45, 2.75) is 6.54 Å². The fourth-order valence-corrected chi connectivity index (χ4v) is 2.39. The van der Waals surface area contributed by atoms with Crippen LogP contribution in [0.1, 0.15) is 5.56 Å². The first-order valence-electron chi connectivity index (χ1n) is 7.04. The lowest BCUT2D eigenvalue weighted by atomic mass is 10.2. The van der Waals surface area contributed by atoms with Gasteiger partial charge in [-0.05, 0) is 17.7 Å². The summed E-state index contributed by atoms with van der Waals surface area (Å²) in [4.78, 5) is 18.7. The van der Waals surface area contributed by atoms with Gasteiger partial charge in [0, 0.05) is 12.1 Å². The minimum atomic E-state index is -0.433. The van der Waals surface area contributed by atoms with E-state index in [9.17, 15) is 10.1 Å². The standard InChI is InChI=1S/C15H10N6O3/c22-21(23)11-5-3-10(4-6-11)8-20-15-14(18-19-20)13(16-9-17-15)12-2-1-7-24-12/h1-7,9H,8H2. The fraction of sp³-hybridized carbons (Fsp3) is 0.0667. The molecule has 0 bridgehead atoms. The van der Waals surface area contributed by atoms with Crippen molar-refractivity contribution < 1.29 is 9.34 Å². The van der Waals surface area contributed by atoms with Gasteiger partial charge >= 0.3 is 0 Å². The molecule has 4 aromatic rings. The number of nitrogens with zero attached hydrogens (tertiary/aromatic N) is 6. The molecule has 118 valence electrons. The Kier molecular flexibility index (Phi) is 3.23. The van der Waals surface area contributed by atoms with E-state index in [2.05, 4.69) is 20.3 Å². The van der Waals surface area contributed by atoms with Crippen LogP contribution in [-0.2, 0) is 6.54 Å². The number of hydrogen-bond acceptors (Lipinski definition) is 7. The lowest BCUT2D eigenvalue weighted by Crippen LogP contribution is -2.03. The molecule has 4 rings (SSSR count). The molecule has 1 aromatic carbocycles. The summed E-state index contributed by atoms with van der Waals surface area (Å²) in [7, 11) is 0. The number of furan rings is 1. The summed E-state index contributed by atoms with van der Waals surface area (Å²) < 4.78 is 6.98. The molecular weight excluding hydrogens is 312 g/mol. The van der Waals surface area contributed by atoms with Gasteiger partial charge in [-0.3, -0.25) is 10.1 Å². The lowest BCUT2D eigenvalue weighted by molar-refractivity contribution is -0.384. The molecule has 0 aliphatic carbocycles. The monoisotopic (exact) mass is 322 g/mol. The van der Waals surface area contributed by atoms with Crippen molar-refractivity contribution >= 4 is 16.9 Å². The highest BCUT2D eigenvalue weighted by Gasteiger charge is 2.15. The van der Waals surface area contributed by atoms with Gasteiger partial charge < -0.3 is 4.42 Å². The summed E-state index contributed by atoms with van der Waals surface area (Å²) >= 11 is 0. The smallest absolute Gasteiger partial charge is 0.269 e. The Morgan fingerprint density at radius 2 is 2.00 bits per heavy atom. The maximum Gasteiger partial charge on any atom is 0.269 e. The number of benzene rings is 1. The first kappa shape index (κ1) is 14.0. The number of non-ortho nitro benzene ring substituents is 1. The number of fused-ring (bicyclic) bond motifs is 1. The van der Waals surface area contributed by atoms with E-state index in [0.29, 0.717) is 29.2 Å². The van der Waals surface area contributed by atoms with Crippen LogP contribution < -0.4 is 0 Å². The van der Waals surface area contributed by atoms with Gasteiger partial charge in [-0.2, -0.15) is 0 Å². The van der Waals surface area contributed by atoms with E-state index in [-0.39, 0.29) is 5.69 Å². The molecule has 0 aliphatic rings. The van der Waals surface area contributed by atoms with E-state index in [0.717, 1.165) is 5.56 Å². The van der Waals surface area contributed by atoms with Crippen LogP contribution in [-0.4, -0.2) is 29.9 Å². The predicted octanol–water partition coefficient (Wildman–Crippen LogP) is 2.44. The molecule has 0 aliphatic heterocycles. The van der Waals surface area contributed by atoms with Crippen LogP contribution >= 0.6 is 0 Å². The minimum Gasteiger partial charge on any atom is -0.463 e. The van der Waals surface area contributed by atoms with E-state index in [4.69, 9.17) is 4.42 Å². The van der Waals surface area contributed by atoms with Crippen LogP contribution in [0.4, 0.5) is 5.69 Å². The zero-order valence-electron chi connectivity index (χ0n) is 12.2. The summed E-state index contributed by atoms with van der Waals surface area (Å²) in [5.41, 5.74) is 2.57. The van der Waals surface area contributed by atoms with Gasteiger partial charge in [0.1, 0.15) is 12.0 Å². The van der Waals surface area contributed by atoms with Crippen molar-refractivity contribution in [2.75, 3.05) is 0 Å². The van der Waals surface area contributed by atoms with Crippen molar-refractivity contribution in [3.63, 3.8) is 0 Å². The van der Waals surface area contributed by atoms with E-state index in [1.54, 1.807) is 35.2 Å².